The molecule has 6 heteroatoms. The third-order valence-corrected chi connectivity index (χ3v) is 5.96. The van der Waals surface area contributed by atoms with Crippen molar-refractivity contribution >= 4 is 28.7 Å². The van der Waals surface area contributed by atoms with Gasteiger partial charge in [-0.15, -0.1) is 0 Å². The molecule has 0 radical (unpaired) electrons. The van der Waals surface area contributed by atoms with Gasteiger partial charge in [-0.1, -0.05) is 60.8 Å². The van der Waals surface area contributed by atoms with Gasteiger partial charge in [0, 0.05) is 11.8 Å². The van der Waals surface area contributed by atoms with Gasteiger partial charge in [0.15, 0.2) is 16.7 Å². The molecule has 0 aliphatic carbocycles. The average molecular weight is 431 g/mol. The molecule has 31 heavy (non-hydrogen) atoms. The zero-order valence-corrected chi connectivity index (χ0v) is 18.2. The van der Waals surface area contributed by atoms with E-state index in [9.17, 15) is 4.79 Å². The molecule has 0 aliphatic heterocycles. The highest BCUT2D eigenvalue weighted by molar-refractivity contribution is 7.98. The second-order valence-corrected chi connectivity index (χ2v) is 7.77. The summed E-state index contributed by atoms with van der Waals surface area (Å²) in [4.78, 5) is 18.2. The van der Waals surface area contributed by atoms with Crippen molar-refractivity contribution < 1.29 is 9.47 Å². The summed E-state index contributed by atoms with van der Waals surface area (Å²) in [7, 11) is 3.16. The molecule has 0 amide bonds. The highest BCUT2D eigenvalue weighted by Crippen LogP contribution is 2.31. The molecule has 4 rings (SSSR count). The molecular weight excluding hydrogens is 408 g/mol. The summed E-state index contributed by atoms with van der Waals surface area (Å²) >= 11 is 1.51. The molecule has 1 aromatic heterocycles. The maximum atomic E-state index is 13.4. The Morgan fingerprint density at radius 1 is 1.00 bits per heavy atom. The molecule has 0 unspecified atom stereocenters. The van der Waals surface area contributed by atoms with Crippen molar-refractivity contribution in [2.45, 2.75) is 10.9 Å². The summed E-state index contributed by atoms with van der Waals surface area (Å²) in [5, 5.41) is 1.18. The summed E-state index contributed by atoms with van der Waals surface area (Å²) in [5.41, 5.74) is 3.43. The molecule has 0 saturated heterocycles. The lowest BCUT2D eigenvalue weighted by Crippen LogP contribution is -2.21. The quantitative estimate of drug-likeness (QED) is 0.293. The molecule has 4 aromatic rings. The van der Waals surface area contributed by atoms with Gasteiger partial charge in [-0.3, -0.25) is 9.36 Å². The Morgan fingerprint density at radius 3 is 2.45 bits per heavy atom. The molecule has 0 spiro atoms. The molecule has 0 saturated carbocycles. The van der Waals surface area contributed by atoms with Crippen molar-refractivity contribution in [1.82, 2.24) is 9.55 Å². The van der Waals surface area contributed by atoms with Gasteiger partial charge < -0.3 is 9.47 Å². The molecule has 3 aromatic carbocycles. The van der Waals surface area contributed by atoms with Crippen LogP contribution in [0.1, 0.15) is 11.1 Å². The Balaban J connectivity index is 1.81. The Kier molecular flexibility index (Phi) is 6.09. The van der Waals surface area contributed by atoms with Crippen LogP contribution >= 0.6 is 11.8 Å². The largest absolute Gasteiger partial charge is 0.493 e. The normalized spacial score (nSPS) is 10.8. The van der Waals surface area contributed by atoms with Gasteiger partial charge in [0.05, 0.1) is 30.8 Å². The lowest BCUT2D eigenvalue weighted by molar-refractivity contribution is 0.354. The number of fused-ring (bicyclic) bond motifs is 1. The first-order valence-electron chi connectivity index (χ1n) is 9.73. The van der Waals surface area contributed by atoms with Crippen LogP contribution in [0.2, 0.25) is 0 Å². The first-order chi connectivity index (χ1) is 15.1. The molecule has 156 valence electrons. The number of aromatic nitrogens is 2. The second-order valence-electron chi connectivity index (χ2n) is 6.83. The number of hydrogen-bond donors (Lipinski definition) is 0. The van der Waals surface area contributed by atoms with Crippen molar-refractivity contribution in [2.75, 3.05) is 14.2 Å². The van der Waals surface area contributed by atoms with E-state index < -0.39 is 0 Å². The van der Waals surface area contributed by atoms with E-state index in [-0.39, 0.29) is 5.56 Å². The lowest BCUT2D eigenvalue weighted by atomic mass is 10.1. The van der Waals surface area contributed by atoms with Gasteiger partial charge in [-0.2, -0.15) is 0 Å². The van der Waals surface area contributed by atoms with Crippen molar-refractivity contribution in [3.05, 3.63) is 94.8 Å². The number of ether oxygens (including phenoxy) is 2. The van der Waals surface area contributed by atoms with E-state index in [1.807, 2.05) is 42.5 Å². The summed E-state index contributed by atoms with van der Waals surface area (Å²) in [6.07, 6.45) is 1.82. The average Bonchev–Trinajstić information content (AvgIpc) is 2.82. The minimum absolute atomic E-state index is 0.123. The molecule has 0 bridgehead atoms. The van der Waals surface area contributed by atoms with Crippen LogP contribution in [0.4, 0.5) is 0 Å². The maximum absolute atomic E-state index is 13.4. The summed E-state index contributed by atoms with van der Waals surface area (Å²) in [6.45, 7) is 3.79. The van der Waals surface area contributed by atoms with Crippen LogP contribution in [-0.2, 0) is 5.75 Å². The van der Waals surface area contributed by atoms with E-state index >= 15 is 0 Å². The Bertz CT molecular complexity index is 1300. The van der Waals surface area contributed by atoms with E-state index in [1.165, 1.54) is 11.8 Å². The Morgan fingerprint density at radius 2 is 1.74 bits per heavy atom. The Labute approximate surface area is 185 Å². The van der Waals surface area contributed by atoms with Gasteiger partial charge in [0.1, 0.15) is 0 Å². The van der Waals surface area contributed by atoms with Gasteiger partial charge in [0.2, 0.25) is 0 Å². The number of methoxy groups -OCH3 is 2. The van der Waals surface area contributed by atoms with Gasteiger partial charge in [-0.25, -0.2) is 4.98 Å². The van der Waals surface area contributed by atoms with Gasteiger partial charge in [0.25, 0.3) is 5.56 Å². The number of nitrogens with zero attached hydrogens (tertiary/aromatic N) is 2. The van der Waals surface area contributed by atoms with Crippen LogP contribution in [-0.4, -0.2) is 23.8 Å². The van der Waals surface area contributed by atoms with Crippen molar-refractivity contribution in [3.63, 3.8) is 0 Å². The fourth-order valence-corrected chi connectivity index (χ4v) is 4.27. The first-order valence-corrected chi connectivity index (χ1v) is 10.7. The zero-order valence-electron chi connectivity index (χ0n) is 17.4. The van der Waals surface area contributed by atoms with Crippen molar-refractivity contribution in [3.8, 4) is 17.2 Å². The lowest BCUT2D eigenvalue weighted by Gasteiger charge is -2.15. The predicted octanol–water partition coefficient (Wildman–Crippen LogP) is 5.34. The molecular formula is C25H22N2O3S. The third-order valence-electron chi connectivity index (χ3n) is 4.95. The van der Waals surface area contributed by atoms with Gasteiger partial charge in [-0.05, 0) is 35.4 Å². The monoisotopic (exact) mass is 430 g/mol. The van der Waals surface area contributed by atoms with Crippen LogP contribution in [0.25, 0.3) is 22.7 Å². The van der Waals surface area contributed by atoms with Crippen LogP contribution < -0.4 is 15.0 Å². The molecule has 0 fully saturated rings. The van der Waals surface area contributed by atoms with Crippen molar-refractivity contribution in [2.24, 2.45) is 0 Å². The molecule has 0 atom stereocenters. The fraction of sp³-hybridized carbons (Fsp3) is 0.120. The Hall–Kier alpha value is -3.51. The van der Waals surface area contributed by atoms with Crippen LogP contribution in [0, 0.1) is 0 Å². The van der Waals surface area contributed by atoms with E-state index in [1.54, 1.807) is 37.0 Å². The zero-order chi connectivity index (χ0) is 21.8. The smallest absolute Gasteiger partial charge is 0.266 e. The minimum atomic E-state index is -0.123. The first kappa shape index (κ1) is 20.8. The van der Waals surface area contributed by atoms with E-state index in [0.717, 1.165) is 11.1 Å². The van der Waals surface area contributed by atoms with Gasteiger partial charge >= 0.3 is 0 Å². The topological polar surface area (TPSA) is 53.4 Å². The van der Waals surface area contributed by atoms with E-state index in [2.05, 4.69) is 18.7 Å². The predicted molar refractivity (Wildman–Crippen MR) is 127 cm³/mol. The van der Waals surface area contributed by atoms with Crippen LogP contribution in [0.5, 0.6) is 11.5 Å². The third kappa shape index (κ3) is 4.20. The number of para-hydroxylation sites is 1. The molecule has 1 heterocycles. The number of hydrogen-bond acceptors (Lipinski definition) is 5. The highest BCUT2D eigenvalue weighted by Gasteiger charge is 2.15. The summed E-state index contributed by atoms with van der Waals surface area (Å²) in [6, 6.07) is 21.0. The van der Waals surface area contributed by atoms with Crippen LogP contribution in [0.3, 0.4) is 0 Å². The number of rotatable bonds is 7. The van der Waals surface area contributed by atoms with E-state index in [4.69, 9.17) is 14.5 Å². The van der Waals surface area contributed by atoms with Crippen molar-refractivity contribution in [1.29, 1.82) is 0 Å². The van der Waals surface area contributed by atoms with E-state index in [0.29, 0.717) is 39.0 Å². The highest BCUT2D eigenvalue weighted by atomic mass is 32.2. The molecule has 5 nitrogen and oxygen atoms in total. The maximum Gasteiger partial charge on any atom is 0.266 e. The molecule has 0 aliphatic rings. The molecule has 0 N–H and O–H groups in total. The van der Waals surface area contributed by atoms with Crippen LogP contribution in [0.15, 0.2) is 83.3 Å². The second kappa shape index (κ2) is 9.10. The fourth-order valence-electron chi connectivity index (χ4n) is 3.30. The number of benzene rings is 3. The summed E-state index contributed by atoms with van der Waals surface area (Å²) < 4.78 is 12.4. The standard InChI is InChI=1S/C25H22N2O3S/c1-4-17-9-11-18(12-10-17)16-31-25-26-21-8-6-5-7-20(21)24(28)27(25)19-13-14-22(29-2)23(15-19)30-3/h4-15H,1,16H2,2-3H3. The minimum Gasteiger partial charge on any atom is -0.493 e. The summed E-state index contributed by atoms with van der Waals surface area (Å²) in [5.74, 6) is 1.83. The SMILES string of the molecule is C=Cc1ccc(CSc2nc3ccccc3c(=O)n2-c2ccc(OC)c(OC)c2)cc1. The number of thioether (sulfide) groups is 1.